The lowest BCUT2D eigenvalue weighted by Crippen LogP contribution is -2.03. The van der Waals surface area contributed by atoms with Crippen molar-refractivity contribution in [3.63, 3.8) is 0 Å². The summed E-state index contributed by atoms with van der Waals surface area (Å²) in [6.07, 6.45) is 5.66. The van der Waals surface area contributed by atoms with Gasteiger partial charge in [-0.2, -0.15) is 0 Å². The predicted octanol–water partition coefficient (Wildman–Crippen LogP) is 4.24. The Hall–Kier alpha value is -3.14. The minimum Gasteiger partial charge on any atom is -0.361 e. The fraction of sp³-hybridized carbons (Fsp3) is 0.0526. The van der Waals surface area contributed by atoms with Crippen LogP contribution in [-0.4, -0.2) is 15.0 Å². The minimum atomic E-state index is 0.639. The standard InChI is InChI=1S/C19H16N4/c1-2-4-14(5-3-1)11-21-19-22-12-17(13-23-19)15-6-7-18-16(10-15)8-9-20-18/h1-10,12-13,20H,11H2,(H,21,22,23). The molecule has 0 radical (unpaired) electrons. The van der Waals surface area contributed by atoms with E-state index in [1.807, 2.05) is 36.8 Å². The molecule has 0 unspecified atom stereocenters. The van der Waals surface area contributed by atoms with Gasteiger partial charge in [-0.3, -0.25) is 0 Å². The van der Waals surface area contributed by atoms with Gasteiger partial charge < -0.3 is 10.3 Å². The number of anilines is 1. The highest BCUT2D eigenvalue weighted by Crippen LogP contribution is 2.23. The summed E-state index contributed by atoms with van der Waals surface area (Å²) in [6, 6.07) is 18.6. The van der Waals surface area contributed by atoms with Crippen LogP contribution in [0.3, 0.4) is 0 Å². The van der Waals surface area contributed by atoms with Crippen LogP contribution in [0.2, 0.25) is 0 Å². The summed E-state index contributed by atoms with van der Waals surface area (Å²) in [5, 5.41) is 4.43. The Balaban J connectivity index is 1.51. The first-order chi connectivity index (χ1) is 11.4. The fourth-order valence-corrected chi connectivity index (χ4v) is 2.58. The zero-order valence-corrected chi connectivity index (χ0v) is 12.5. The van der Waals surface area contributed by atoms with Gasteiger partial charge >= 0.3 is 0 Å². The molecule has 2 aromatic heterocycles. The molecule has 0 aliphatic carbocycles. The topological polar surface area (TPSA) is 53.6 Å². The van der Waals surface area contributed by atoms with E-state index in [0.717, 1.165) is 23.2 Å². The van der Waals surface area contributed by atoms with Crippen molar-refractivity contribution in [2.45, 2.75) is 6.54 Å². The number of aromatic nitrogens is 3. The second-order valence-corrected chi connectivity index (χ2v) is 5.41. The van der Waals surface area contributed by atoms with Gasteiger partial charge in [-0.1, -0.05) is 36.4 Å². The average molecular weight is 300 g/mol. The van der Waals surface area contributed by atoms with E-state index in [9.17, 15) is 0 Å². The average Bonchev–Trinajstić information content (AvgIpc) is 3.09. The van der Waals surface area contributed by atoms with E-state index >= 15 is 0 Å². The number of benzene rings is 2. The molecule has 4 aromatic rings. The molecule has 0 fully saturated rings. The highest BCUT2D eigenvalue weighted by atomic mass is 15.1. The van der Waals surface area contributed by atoms with Crippen LogP contribution >= 0.6 is 0 Å². The molecule has 4 rings (SSSR count). The molecule has 0 amide bonds. The van der Waals surface area contributed by atoms with E-state index in [-0.39, 0.29) is 0 Å². The van der Waals surface area contributed by atoms with Crippen LogP contribution in [0.15, 0.2) is 73.2 Å². The highest BCUT2D eigenvalue weighted by Gasteiger charge is 2.03. The summed E-state index contributed by atoms with van der Waals surface area (Å²) in [6.45, 7) is 0.718. The Morgan fingerprint density at radius 3 is 2.52 bits per heavy atom. The Bertz CT molecular complexity index is 911. The maximum atomic E-state index is 4.41. The van der Waals surface area contributed by atoms with E-state index in [4.69, 9.17) is 0 Å². The van der Waals surface area contributed by atoms with Crippen LogP contribution in [0.25, 0.3) is 22.0 Å². The first-order valence-corrected chi connectivity index (χ1v) is 7.56. The van der Waals surface area contributed by atoms with Gasteiger partial charge in [0.25, 0.3) is 0 Å². The maximum Gasteiger partial charge on any atom is 0.222 e. The van der Waals surface area contributed by atoms with E-state index < -0.39 is 0 Å². The third-order valence-electron chi connectivity index (χ3n) is 3.83. The smallest absolute Gasteiger partial charge is 0.222 e. The van der Waals surface area contributed by atoms with Crippen molar-refractivity contribution in [1.29, 1.82) is 0 Å². The lowest BCUT2D eigenvalue weighted by molar-refractivity contribution is 1.06. The second-order valence-electron chi connectivity index (χ2n) is 5.41. The van der Waals surface area contributed by atoms with E-state index in [1.54, 1.807) is 0 Å². The Labute approximate surface area is 134 Å². The van der Waals surface area contributed by atoms with Crippen molar-refractivity contribution >= 4 is 16.9 Å². The zero-order valence-electron chi connectivity index (χ0n) is 12.5. The van der Waals surface area contributed by atoms with Gasteiger partial charge in [0, 0.05) is 36.2 Å². The van der Waals surface area contributed by atoms with Gasteiger partial charge in [-0.05, 0) is 34.7 Å². The molecule has 0 bridgehead atoms. The van der Waals surface area contributed by atoms with Crippen molar-refractivity contribution in [1.82, 2.24) is 15.0 Å². The third kappa shape index (κ3) is 2.92. The maximum absolute atomic E-state index is 4.41. The summed E-state index contributed by atoms with van der Waals surface area (Å²) in [5.74, 6) is 0.639. The van der Waals surface area contributed by atoms with Gasteiger partial charge in [-0.15, -0.1) is 0 Å². The van der Waals surface area contributed by atoms with Crippen LogP contribution in [-0.2, 0) is 6.54 Å². The van der Waals surface area contributed by atoms with Crippen LogP contribution in [0.5, 0.6) is 0 Å². The number of fused-ring (bicyclic) bond motifs is 1. The van der Waals surface area contributed by atoms with Crippen molar-refractivity contribution in [2.24, 2.45) is 0 Å². The Morgan fingerprint density at radius 1 is 0.870 bits per heavy atom. The molecule has 0 saturated carbocycles. The van der Waals surface area contributed by atoms with Crippen molar-refractivity contribution < 1.29 is 0 Å². The molecule has 2 aromatic carbocycles. The molecule has 112 valence electrons. The second kappa shape index (κ2) is 5.93. The van der Waals surface area contributed by atoms with Gasteiger partial charge in [0.15, 0.2) is 0 Å². The molecule has 2 N–H and O–H groups in total. The van der Waals surface area contributed by atoms with Gasteiger partial charge in [0.05, 0.1) is 0 Å². The lowest BCUT2D eigenvalue weighted by Gasteiger charge is -2.06. The SMILES string of the molecule is c1ccc(CNc2ncc(-c3ccc4[nH]ccc4c3)cn2)cc1. The fourth-order valence-electron chi connectivity index (χ4n) is 2.58. The van der Waals surface area contributed by atoms with E-state index in [2.05, 4.69) is 56.7 Å². The first kappa shape index (κ1) is 13.5. The van der Waals surface area contributed by atoms with Gasteiger partial charge in [-0.25, -0.2) is 9.97 Å². The zero-order chi connectivity index (χ0) is 15.5. The normalized spacial score (nSPS) is 10.8. The molecule has 2 heterocycles. The molecule has 23 heavy (non-hydrogen) atoms. The summed E-state index contributed by atoms with van der Waals surface area (Å²) in [5.41, 5.74) is 4.47. The monoisotopic (exact) mass is 300 g/mol. The van der Waals surface area contributed by atoms with Crippen molar-refractivity contribution in [3.8, 4) is 11.1 Å². The largest absolute Gasteiger partial charge is 0.361 e. The van der Waals surface area contributed by atoms with Crippen LogP contribution in [0, 0.1) is 0 Å². The van der Waals surface area contributed by atoms with Crippen molar-refractivity contribution in [2.75, 3.05) is 5.32 Å². The molecule has 0 atom stereocenters. The number of nitrogens with one attached hydrogen (secondary N) is 2. The van der Waals surface area contributed by atoms with Crippen LogP contribution in [0.4, 0.5) is 5.95 Å². The third-order valence-corrected chi connectivity index (χ3v) is 3.83. The molecule has 4 nitrogen and oxygen atoms in total. The molecular formula is C19H16N4. The summed E-state index contributed by atoms with van der Waals surface area (Å²) >= 11 is 0. The van der Waals surface area contributed by atoms with E-state index in [0.29, 0.717) is 5.95 Å². The first-order valence-electron chi connectivity index (χ1n) is 7.56. The molecule has 0 saturated heterocycles. The summed E-state index contributed by atoms with van der Waals surface area (Å²) < 4.78 is 0. The Morgan fingerprint density at radius 2 is 1.70 bits per heavy atom. The molecule has 0 aliphatic heterocycles. The number of H-pyrrole nitrogens is 1. The minimum absolute atomic E-state index is 0.639. The number of hydrogen-bond donors (Lipinski definition) is 2. The van der Waals surface area contributed by atoms with Crippen molar-refractivity contribution in [3.05, 3.63) is 78.8 Å². The predicted molar refractivity (Wildman–Crippen MR) is 93.1 cm³/mol. The molecular weight excluding hydrogens is 284 g/mol. The van der Waals surface area contributed by atoms with Gasteiger partial charge in [0.1, 0.15) is 0 Å². The molecule has 4 heteroatoms. The number of rotatable bonds is 4. The van der Waals surface area contributed by atoms with E-state index in [1.165, 1.54) is 10.9 Å². The summed E-state index contributed by atoms with van der Waals surface area (Å²) in [7, 11) is 0. The molecule has 0 spiro atoms. The highest BCUT2D eigenvalue weighted by molar-refractivity contribution is 5.84. The molecule has 0 aliphatic rings. The Kier molecular flexibility index (Phi) is 3.48. The lowest BCUT2D eigenvalue weighted by atomic mass is 10.1. The quantitative estimate of drug-likeness (QED) is 0.593. The van der Waals surface area contributed by atoms with Crippen LogP contribution < -0.4 is 5.32 Å². The number of aromatic amines is 1. The van der Waals surface area contributed by atoms with Crippen LogP contribution in [0.1, 0.15) is 5.56 Å². The summed E-state index contributed by atoms with van der Waals surface area (Å²) in [4.78, 5) is 12.0. The number of nitrogens with zero attached hydrogens (tertiary/aromatic N) is 2. The van der Waals surface area contributed by atoms with Gasteiger partial charge in [0.2, 0.25) is 5.95 Å². The number of hydrogen-bond acceptors (Lipinski definition) is 3.